The minimum Gasteiger partial charge on any atom is -0.376 e. The van der Waals surface area contributed by atoms with Crippen LogP contribution in [-0.4, -0.2) is 80.5 Å². The molecule has 1 aliphatic carbocycles. The Hall–Kier alpha value is -6.55. The van der Waals surface area contributed by atoms with Crippen LogP contribution in [0, 0.1) is 31.4 Å². The molecule has 0 radical (unpaired) electrons. The van der Waals surface area contributed by atoms with Gasteiger partial charge in [-0.1, -0.05) is 18.1 Å². The molecule has 0 spiro atoms. The van der Waals surface area contributed by atoms with Crippen LogP contribution in [0.2, 0.25) is 0 Å². The molecule has 4 aliphatic rings. The maximum absolute atomic E-state index is 16.3. The van der Waals surface area contributed by atoms with Gasteiger partial charge in [0.15, 0.2) is 11.9 Å². The number of carbonyl (C=O) groups is 1. The molecule has 7 heterocycles. The number of fused-ring (bicyclic) bond motifs is 3. The summed E-state index contributed by atoms with van der Waals surface area (Å²) in [6.07, 6.45) is 6.08. The number of aryl methyl sites for hydroxylation is 3. The number of hydrogen-bond acceptors (Lipinski definition) is 8. The van der Waals surface area contributed by atoms with Gasteiger partial charge in [-0.25, -0.2) is 18.2 Å². The highest BCUT2D eigenvalue weighted by atomic mass is 19.1. The molecular weight excluding hydrogens is 831 g/mol. The first-order chi connectivity index (χ1) is 31.1. The van der Waals surface area contributed by atoms with Crippen molar-refractivity contribution in [1.82, 2.24) is 39.2 Å². The summed E-state index contributed by atoms with van der Waals surface area (Å²) in [5.41, 5.74) is 6.47. The van der Waals surface area contributed by atoms with Gasteiger partial charge in [-0.15, -0.1) is 14.8 Å². The Kier molecular flexibility index (Phi) is 9.17. The number of amides is 1. The minimum atomic E-state index is -0.819. The second-order valence-corrected chi connectivity index (χ2v) is 19.2. The largest absolute Gasteiger partial charge is 0.438 e. The quantitative estimate of drug-likeness (QED) is 0.158. The van der Waals surface area contributed by atoms with Crippen LogP contribution in [0.25, 0.3) is 27.5 Å². The number of hydrogen-bond donors (Lipinski definition) is 1. The molecule has 65 heavy (non-hydrogen) atoms. The van der Waals surface area contributed by atoms with Crippen molar-refractivity contribution in [1.29, 1.82) is 0 Å². The number of rotatable bonds is 7. The fourth-order valence-electron chi connectivity index (χ4n) is 11.1. The van der Waals surface area contributed by atoms with Crippen LogP contribution >= 0.6 is 0 Å². The number of aromatic amines is 1. The highest BCUT2D eigenvalue weighted by Gasteiger charge is 2.59. The molecule has 16 heteroatoms. The third-order valence-electron chi connectivity index (χ3n) is 14.6. The van der Waals surface area contributed by atoms with Crippen LogP contribution in [0.15, 0.2) is 69.0 Å². The van der Waals surface area contributed by atoms with Crippen LogP contribution in [0.3, 0.4) is 0 Å². The van der Waals surface area contributed by atoms with Gasteiger partial charge in [0.05, 0.1) is 40.0 Å². The zero-order valence-electron chi connectivity index (χ0n) is 37.7. The summed E-state index contributed by atoms with van der Waals surface area (Å²) >= 11 is 0. The lowest BCUT2D eigenvalue weighted by atomic mass is 9.83. The summed E-state index contributed by atoms with van der Waals surface area (Å²) in [4.78, 5) is 37.6. The maximum Gasteiger partial charge on any atom is 0.438 e. The van der Waals surface area contributed by atoms with E-state index in [2.05, 4.69) is 58.8 Å². The van der Waals surface area contributed by atoms with E-state index in [1.807, 2.05) is 40.1 Å². The molecule has 1 saturated heterocycles. The van der Waals surface area contributed by atoms with Gasteiger partial charge in [0.2, 0.25) is 6.34 Å². The van der Waals surface area contributed by atoms with Crippen LogP contribution in [-0.2, 0) is 23.7 Å². The lowest BCUT2D eigenvalue weighted by Crippen LogP contribution is -2.41. The van der Waals surface area contributed by atoms with Crippen molar-refractivity contribution in [2.24, 2.45) is 18.0 Å². The third-order valence-corrected chi connectivity index (χ3v) is 14.6. The fourth-order valence-corrected chi connectivity index (χ4v) is 11.1. The van der Waals surface area contributed by atoms with Gasteiger partial charge in [-0.05, 0) is 132 Å². The molecule has 11 rings (SSSR count). The molecule has 1 amide bonds. The number of H-pyrrole nitrogens is 1. The zero-order chi connectivity index (χ0) is 45.4. The number of ether oxygens (including phenoxy) is 1. The third kappa shape index (κ3) is 6.23. The molecule has 0 bridgehead atoms. The van der Waals surface area contributed by atoms with Crippen LogP contribution in [0.1, 0.15) is 122 Å². The normalized spacial score (nSPS) is 23.9. The van der Waals surface area contributed by atoms with Crippen molar-refractivity contribution < 1.29 is 27.4 Å². The maximum atomic E-state index is 16.3. The Morgan fingerprint density at radius 2 is 1.74 bits per heavy atom. The topological polar surface area (TPSA) is 144 Å². The minimum absolute atomic E-state index is 0.0313. The number of nitrogens with zero attached hydrogens (tertiary/aromatic N) is 9. The molecule has 334 valence electrons. The lowest BCUT2D eigenvalue weighted by Gasteiger charge is -2.35. The summed E-state index contributed by atoms with van der Waals surface area (Å²) in [5, 5.41) is 15.0. The van der Waals surface area contributed by atoms with Gasteiger partial charge < -0.3 is 14.2 Å². The average Bonchev–Trinajstić information content (AvgIpc) is 3.90. The summed E-state index contributed by atoms with van der Waals surface area (Å²) < 4.78 is 50.0. The molecule has 1 saturated carbocycles. The van der Waals surface area contributed by atoms with E-state index in [9.17, 15) is 4.79 Å². The number of aromatic nitrogens is 7. The standard InChI is InChI=1S/C49H50F2N10O4/c1-25-17-33(18-26(2)41(25)50)61-44(59-24-52-43(29(59)5)34-10-12-38-35(42(34)51)23-53-57(38)8)40-28(4)58(15-13-36(40)55-61)45(62)39-20-32-19-30(31-14-16-64-48(6,7)22-31)9-11-37(32)60(39)49(21-27(49)3)46-54-47(63)65-56-46/h9-12,17-20,23-24,27-28,31,43H,13-16,21-22H2,1-8H3/p+1/t27-,28-,31-,43?,49-/m0/s1. The summed E-state index contributed by atoms with van der Waals surface area (Å²) in [7, 11) is 1.78. The van der Waals surface area contributed by atoms with E-state index >= 15 is 13.6 Å². The molecule has 3 aliphatic heterocycles. The number of nitrogens with one attached hydrogen (secondary N) is 1. The SMILES string of the molecule is CC1=[N+](c2c3c(nn2-c2cc(C)c(F)c(C)c2)CCN(C(=O)c2cc4cc([C@H]5CCOC(C)(C)C5)ccc4n2[C@@]2(c4noc(=O)[nH]4)C[C@@H]2C)[C@H]3C)C=NC1c1ccc2c(cnn2C)c1F. The van der Waals surface area contributed by atoms with E-state index in [1.165, 1.54) is 11.8 Å². The predicted octanol–water partition coefficient (Wildman–Crippen LogP) is 8.39. The van der Waals surface area contributed by atoms with Crippen molar-refractivity contribution >= 4 is 45.6 Å². The summed E-state index contributed by atoms with van der Waals surface area (Å²) in [6.45, 7) is 14.8. The van der Waals surface area contributed by atoms with Gasteiger partial charge in [0.25, 0.3) is 11.7 Å². The Balaban J connectivity index is 1.05. The number of halogens is 2. The Labute approximate surface area is 373 Å². The molecule has 3 aromatic carbocycles. The summed E-state index contributed by atoms with van der Waals surface area (Å²) in [6, 6.07) is 14.4. The van der Waals surface area contributed by atoms with Gasteiger partial charge in [-0.2, -0.15) is 5.10 Å². The van der Waals surface area contributed by atoms with Crippen LogP contribution < -0.4 is 5.76 Å². The van der Waals surface area contributed by atoms with E-state index in [-0.39, 0.29) is 29.1 Å². The van der Waals surface area contributed by atoms with Gasteiger partial charge in [-0.3, -0.25) is 19.0 Å². The second kappa shape index (κ2) is 14.5. The van der Waals surface area contributed by atoms with Crippen molar-refractivity contribution in [3.8, 4) is 5.69 Å². The lowest BCUT2D eigenvalue weighted by molar-refractivity contribution is -0.301. The first kappa shape index (κ1) is 41.2. The molecule has 5 atom stereocenters. The number of carbonyl (C=O) groups excluding carboxylic acids is 1. The number of benzene rings is 3. The van der Waals surface area contributed by atoms with E-state index in [4.69, 9.17) is 19.4 Å². The van der Waals surface area contributed by atoms with E-state index in [0.717, 1.165) is 40.7 Å². The average molecular weight is 882 g/mol. The van der Waals surface area contributed by atoms with Crippen LogP contribution in [0.5, 0.6) is 0 Å². The van der Waals surface area contributed by atoms with Gasteiger partial charge in [0.1, 0.15) is 34.3 Å². The highest BCUT2D eigenvalue weighted by molar-refractivity contribution is 6.00. The Morgan fingerprint density at radius 1 is 0.985 bits per heavy atom. The molecule has 14 nitrogen and oxygen atoms in total. The van der Waals surface area contributed by atoms with Crippen molar-refractivity contribution in [2.75, 3.05) is 13.2 Å². The summed E-state index contributed by atoms with van der Waals surface area (Å²) in [5.74, 6) is -0.179. The molecule has 4 aromatic heterocycles. The van der Waals surface area contributed by atoms with Gasteiger partial charge >= 0.3 is 5.76 Å². The van der Waals surface area contributed by atoms with E-state index in [1.54, 1.807) is 50.1 Å². The predicted molar refractivity (Wildman–Crippen MR) is 241 cm³/mol. The first-order valence-corrected chi connectivity index (χ1v) is 22.4. The Morgan fingerprint density at radius 3 is 2.45 bits per heavy atom. The van der Waals surface area contributed by atoms with Crippen molar-refractivity contribution in [3.63, 3.8) is 0 Å². The monoisotopic (exact) mass is 881 g/mol. The fraction of sp³-hybridized carbons (Fsp3) is 0.408. The number of aliphatic imine (C=N–C) groups is 1. The van der Waals surface area contributed by atoms with Crippen molar-refractivity contribution in [3.05, 3.63) is 122 Å². The zero-order valence-corrected chi connectivity index (χ0v) is 37.7. The van der Waals surface area contributed by atoms with E-state index < -0.39 is 23.4 Å². The molecule has 7 aromatic rings. The smallest absolute Gasteiger partial charge is 0.376 e. The molecule has 1 unspecified atom stereocenters. The molecular formula is C49H51F2N10O4+. The van der Waals surface area contributed by atoms with E-state index in [0.29, 0.717) is 82.5 Å². The Bertz CT molecular complexity index is 3250. The molecule has 1 N–H and O–H groups in total. The highest BCUT2D eigenvalue weighted by Crippen LogP contribution is 2.56. The van der Waals surface area contributed by atoms with Crippen molar-refractivity contribution in [2.45, 2.75) is 103 Å². The molecule has 2 fully saturated rings. The van der Waals surface area contributed by atoms with Crippen LogP contribution in [0.4, 0.5) is 14.6 Å². The van der Waals surface area contributed by atoms with Gasteiger partial charge in [0, 0.05) is 43.1 Å². The second-order valence-electron chi connectivity index (χ2n) is 19.2. The first-order valence-electron chi connectivity index (χ1n) is 22.4.